The molecule has 162 valence electrons. The lowest BCUT2D eigenvalue weighted by Gasteiger charge is -2.27. The number of ether oxygens (including phenoxy) is 3. The molecule has 0 N–H and O–H groups in total. The van der Waals surface area contributed by atoms with Gasteiger partial charge in [0.05, 0.1) is 13.2 Å². The summed E-state index contributed by atoms with van der Waals surface area (Å²) in [7, 11) is 0. The molecule has 7 nitrogen and oxygen atoms in total. The number of imide groups is 1. The molecule has 7 heteroatoms. The molecule has 0 bridgehead atoms. The van der Waals surface area contributed by atoms with Crippen LogP contribution in [0.4, 0.5) is 0 Å². The van der Waals surface area contributed by atoms with Crippen LogP contribution in [0.3, 0.4) is 0 Å². The zero-order chi connectivity index (χ0) is 22.7. The van der Waals surface area contributed by atoms with Crippen molar-refractivity contribution in [1.82, 2.24) is 4.90 Å². The fourth-order valence-electron chi connectivity index (χ4n) is 3.54. The Balaban J connectivity index is 1.64. The van der Waals surface area contributed by atoms with E-state index in [0.29, 0.717) is 34.8 Å². The third-order valence-corrected chi connectivity index (χ3v) is 5.27. The van der Waals surface area contributed by atoms with Gasteiger partial charge in [-0.25, -0.2) is 0 Å². The zero-order valence-electron chi connectivity index (χ0n) is 17.9. The second-order valence-electron chi connectivity index (χ2n) is 7.47. The number of benzene rings is 2. The van der Waals surface area contributed by atoms with Crippen LogP contribution in [0.25, 0.3) is 6.08 Å². The maximum absolute atomic E-state index is 13.3. The highest BCUT2D eigenvalue weighted by atomic mass is 16.7. The van der Waals surface area contributed by atoms with Crippen molar-refractivity contribution in [2.75, 3.05) is 13.4 Å². The third-order valence-electron chi connectivity index (χ3n) is 5.27. The molecule has 4 rings (SSSR count). The second-order valence-corrected chi connectivity index (χ2v) is 7.47. The summed E-state index contributed by atoms with van der Waals surface area (Å²) in [6.45, 7) is 4.44. The molecular weight excluding hydrogens is 408 g/mol. The lowest BCUT2D eigenvalue weighted by molar-refractivity contribution is -0.141. The Morgan fingerprint density at radius 2 is 1.84 bits per heavy atom. The van der Waals surface area contributed by atoms with E-state index in [9.17, 15) is 14.9 Å². The summed E-state index contributed by atoms with van der Waals surface area (Å²) >= 11 is 0. The van der Waals surface area contributed by atoms with Crippen molar-refractivity contribution in [3.8, 4) is 23.3 Å². The van der Waals surface area contributed by atoms with E-state index >= 15 is 0 Å². The Bertz CT molecular complexity index is 1170. The summed E-state index contributed by atoms with van der Waals surface area (Å²) in [6, 6.07) is 14.5. The van der Waals surface area contributed by atoms with Gasteiger partial charge < -0.3 is 14.2 Å². The standard InChI is InChI=1S/C25H22N2O5/c1-3-10-30-19-7-4-17(5-8-19)11-20-16(2)21(13-26)25(29)27(24(20)28)14-18-6-9-22-23(12-18)32-15-31-22/h4-9,11-12H,3,10,14-15H2,1-2H3/b20-11+. The van der Waals surface area contributed by atoms with Gasteiger partial charge in [0.2, 0.25) is 6.79 Å². The van der Waals surface area contributed by atoms with Gasteiger partial charge in [0.25, 0.3) is 11.8 Å². The molecular formula is C25H22N2O5. The molecule has 2 heterocycles. The van der Waals surface area contributed by atoms with Crippen molar-refractivity contribution in [1.29, 1.82) is 5.26 Å². The number of hydrogen-bond donors (Lipinski definition) is 0. The molecule has 0 radical (unpaired) electrons. The highest BCUT2D eigenvalue weighted by Crippen LogP contribution is 2.34. The molecule has 0 saturated carbocycles. The van der Waals surface area contributed by atoms with E-state index in [4.69, 9.17) is 14.2 Å². The molecule has 0 spiro atoms. The van der Waals surface area contributed by atoms with E-state index in [1.54, 1.807) is 31.2 Å². The molecule has 2 aliphatic heterocycles. The lowest BCUT2D eigenvalue weighted by atomic mass is 9.93. The van der Waals surface area contributed by atoms with Crippen molar-refractivity contribution in [2.45, 2.75) is 26.8 Å². The first kappa shape index (κ1) is 21.2. The Kier molecular flexibility index (Phi) is 5.95. The second kappa shape index (κ2) is 8.98. The normalized spacial score (nSPS) is 16.5. The van der Waals surface area contributed by atoms with E-state index in [0.717, 1.165) is 22.6 Å². The predicted octanol–water partition coefficient (Wildman–Crippen LogP) is 4.00. The van der Waals surface area contributed by atoms with Crippen LogP contribution in [0.15, 0.2) is 59.2 Å². The number of amides is 2. The Hall–Kier alpha value is -4.05. The minimum Gasteiger partial charge on any atom is -0.494 e. The maximum Gasteiger partial charge on any atom is 0.271 e. The molecule has 0 fully saturated rings. The average molecular weight is 430 g/mol. The fourth-order valence-corrected chi connectivity index (χ4v) is 3.54. The Morgan fingerprint density at radius 1 is 1.09 bits per heavy atom. The van der Waals surface area contributed by atoms with E-state index in [1.807, 2.05) is 37.3 Å². The van der Waals surface area contributed by atoms with Crippen LogP contribution >= 0.6 is 0 Å². The topological polar surface area (TPSA) is 88.9 Å². The van der Waals surface area contributed by atoms with Crippen molar-refractivity contribution >= 4 is 17.9 Å². The van der Waals surface area contributed by atoms with Crippen molar-refractivity contribution in [2.24, 2.45) is 0 Å². The summed E-state index contributed by atoms with van der Waals surface area (Å²) in [5, 5.41) is 9.58. The molecule has 0 aliphatic carbocycles. The van der Waals surface area contributed by atoms with Gasteiger partial charge in [0, 0.05) is 5.57 Å². The molecule has 32 heavy (non-hydrogen) atoms. The van der Waals surface area contributed by atoms with Crippen LogP contribution in [0.1, 0.15) is 31.4 Å². The summed E-state index contributed by atoms with van der Waals surface area (Å²) < 4.78 is 16.3. The number of rotatable bonds is 6. The number of nitrogens with zero attached hydrogens (tertiary/aromatic N) is 2. The van der Waals surface area contributed by atoms with Crippen LogP contribution in [0.5, 0.6) is 17.2 Å². The van der Waals surface area contributed by atoms with Crippen LogP contribution in [0, 0.1) is 11.3 Å². The molecule has 2 aromatic carbocycles. The number of carbonyl (C=O) groups excluding carboxylic acids is 2. The highest BCUT2D eigenvalue weighted by molar-refractivity contribution is 6.19. The van der Waals surface area contributed by atoms with E-state index in [1.165, 1.54) is 0 Å². The summed E-state index contributed by atoms with van der Waals surface area (Å²) in [4.78, 5) is 27.2. The molecule has 0 saturated heterocycles. The summed E-state index contributed by atoms with van der Waals surface area (Å²) in [5.74, 6) is 0.871. The average Bonchev–Trinajstić information content (AvgIpc) is 3.27. The Labute approximate surface area is 186 Å². The van der Waals surface area contributed by atoms with Gasteiger partial charge in [-0.15, -0.1) is 0 Å². The molecule has 2 aliphatic rings. The van der Waals surface area contributed by atoms with Gasteiger partial charge in [-0.3, -0.25) is 14.5 Å². The summed E-state index contributed by atoms with van der Waals surface area (Å²) in [6.07, 6.45) is 2.60. The number of hydrogen-bond acceptors (Lipinski definition) is 6. The fraction of sp³-hybridized carbons (Fsp3) is 0.240. The molecule has 0 aromatic heterocycles. The minimum absolute atomic E-state index is 0.0217. The first-order valence-corrected chi connectivity index (χ1v) is 10.3. The van der Waals surface area contributed by atoms with Gasteiger partial charge in [0.1, 0.15) is 17.4 Å². The van der Waals surface area contributed by atoms with E-state index in [2.05, 4.69) is 0 Å². The van der Waals surface area contributed by atoms with Gasteiger partial charge in [-0.1, -0.05) is 25.1 Å². The van der Waals surface area contributed by atoms with Crippen molar-refractivity contribution in [3.63, 3.8) is 0 Å². The number of carbonyl (C=O) groups is 2. The third kappa shape index (κ3) is 4.08. The van der Waals surface area contributed by atoms with E-state index < -0.39 is 11.8 Å². The predicted molar refractivity (Wildman–Crippen MR) is 117 cm³/mol. The maximum atomic E-state index is 13.3. The van der Waals surface area contributed by atoms with Crippen LogP contribution in [-0.2, 0) is 16.1 Å². The first-order valence-electron chi connectivity index (χ1n) is 10.3. The number of nitriles is 1. The van der Waals surface area contributed by atoms with Crippen LogP contribution in [-0.4, -0.2) is 30.1 Å². The number of fused-ring (bicyclic) bond motifs is 1. The van der Waals surface area contributed by atoms with Crippen molar-refractivity contribution in [3.05, 3.63) is 70.3 Å². The molecule has 0 atom stereocenters. The quantitative estimate of drug-likeness (QED) is 0.508. The van der Waals surface area contributed by atoms with Crippen LogP contribution in [0.2, 0.25) is 0 Å². The monoisotopic (exact) mass is 430 g/mol. The van der Waals surface area contributed by atoms with Gasteiger partial charge in [-0.05, 0) is 60.4 Å². The Morgan fingerprint density at radius 3 is 2.56 bits per heavy atom. The van der Waals surface area contributed by atoms with Crippen molar-refractivity contribution < 1.29 is 23.8 Å². The highest BCUT2D eigenvalue weighted by Gasteiger charge is 2.35. The SMILES string of the molecule is CCCOc1ccc(/C=C2/C(=O)N(Cc3ccc4c(c3)OCO4)C(=O)C(C#N)=C2C)cc1. The molecule has 0 unspecified atom stereocenters. The lowest BCUT2D eigenvalue weighted by Crippen LogP contribution is -2.42. The van der Waals surface area contributed by atoms with Gasteiger partial charge >= 0.3 is 0 Å². The molecule has 2 aromatic rings. The molecule has 2 amide bonds. The largest absolute Gasteiger partial charge is 0.494 e. The minimum atomic E-state index is -0.604. The van der Waals surface area contributed by atoms with Gasteiger partial charge in [-0.2, -0.15) is 5.26 Å². The van der Waals surface area contributed by atoms with Crippen LogP contribution < -0.4 is 14.2 Å². The smallest absolute Gasteiger partial charge is 0.271 e. The first-order chi connectivity index (χ1) is 15.5. The zero-order valence-corrected chi connectivity index (χ0v) is 17.9. The van der Waals surface area contributed by atoms with E-state index in [-0.39, 0.29) is 18.9 Å². The van der Waals surface area contributed by atoms with Gasteiger partial charge in [0.15, 0.2) is 11.5 Å². The summed E-state index contributed by atoms with van der Waals surface area (Å²) in [5.41, 5.74) is 2.11.